The molecule has 3 heteroatoms. The summed E-state index contributed by atoms with van der Waals surface area (Å²) in [6.07, 6.45) is 8.33. The fraction of sp³-hybridized carbons (Fsp3) is 0.611. The van der Waals surface area contributed by atoms with Gasteiger partial charge in [0.15, 0.2) is 0 Å². The third-order valence-electron chi connectivity index (χ3n) is 4.61. The number of carbonyl (C=O) groups is 1. The standard InChI is InChI=1S/C18H28N2O/c1-14(16-11-7-2-3-8-12-16)20-18(21)17(19)13-15-9-5-4-6-10-15/h4-6,9-10,14,16-17H,2-3,7-8,11-13,19H2,1H3,(H,20,21)/t14-,17?/m1/s1. The van der Waals surface area contributed by atoms with E-state index in [1.54, 1.807) is 0 Å². The summed E-state index contributed by atoms with van der Waals surface area (Å²) in [7, 11) is 0. The Bertz CT molecular complexity index is 424. The third-order valence-corrected chi connectivity index (χ3v) is 4.61. The molecule has 0 radical (unpaired) electrons. The zero-order valence-electron chi connectivity index (χ0n) is 13.1. The molecule has 1 amide bonds. The van der Waals surface area contributed by atoms with Gasteiger partial charge in [-0.25, -0.2) is 0 Å². The fourth-order valence-electron chi connectivity index (χ4n) is 3.22. The molecule has 1 saturated carbocycles. The lowest BCUT2D eigenvalue weighted by molar-refractivity contribution is -0.123. The van der Waals surface area contributed by atoms with Crippen LogP contribution in [0, 0.1) is 5.92 Å². The smallest absolute Gasteiger partial charge is 0.237 e. The molecule has 1 aliphatic carbocycles. The monoisotopic (exact) mass is 288 g/mol. The van der Waals surface area contributed by atoms with E-state index in [1.807, 2.05) is 30.3 Å². The van der Waals surface area contributed by atoms with Gasteiger partial charge in [0.25, 0.3) is 0 Å². The summed E-state index contributed by atoms with van der Waals surface area (Å²) in [5, 5.41) is 3.13. The van der Waals surface area contributed by atoms with Gasteiger partial charge in [0.1, 0.15) is 0 Å². The van der Waals surface area contributed by atoms with E-state index >= 15 is 0 Å². The van der Waals surface area contributed by atoms with Crippen LogP contribution in [0.1, 0.15) is 51.0 Å². The minimum atomic E-state index is -0.458. The molecule has 1 aromatic carbocycles. The second-order valence-corrected chi connectivity index (χ2v) is 6.35. The van der Waals surface area contributed by atoms with E-state index < -0.39 is 6.04 Å². The van der Waals surface area contributed by atoms with Gasteiger partial charge in [-0.05, 0) is 37.7 Å². The number of nitrogens with two attached hydrogens (primary N) is 1. The normalized spacial score (nSPS) is 19.5. The minimum Gasteiger partial charge on any atom is -0.352 e. The number of carbonyl (C=O) groups excluding carboxylic acids is 1. The predicted molar refractivity (Wildman–Crippen MR) is 86.9 cm³/mol. The molecule has 116 valence electrons. The predicted octanol–water partition coefficient (Wildman–Crippen LogP) is 3.03. The maximum absolute atomic E-state index is 12.3. The number of amides is 1. The number of hydrogen-bond donors (Lipinski definition) is 2. The van der Waals surface area contributed by atoms with Crippen LogP contribution in [0.4, 0.5) is 0 Å². The highest BCUT2D eigenvalue weighted by atomic mass is 16.2. The molecule has 3 nitrogen and oxygen atoms in total. The Morgan fingerprint density at radius 1 is 1.19 bits per heavy atom. The van der Waals surface area contributed by atoms with Crippen molar-refractivity contribution in [1.82, 2.24) is 5.32 Å². The van der Waals surface area contributed by atoms with Crippen molar-refractivity contribution in [1.29, 1.82) is 0 Å². The van der Waals surface area contributed by atoms with Gasteiger partial charge in [-0.3, -0.25) is 4.79 Å². The van der Waals surface area contributed by atoms with Crippen LogP contribution >= 0.6 is 0 Å². The summed E-state index contributed by atoms with van der Waals surface area (Å²) in [6, 6.07) is 9.74. The Labute approximate surface area is 128 Å². The van der Waals surface area contributed by atoms with Crippen molar-refractivity contribution in [2.24, 2.45) is 11.7 Å². The van der Waals surface area contributed by atoms with Gasteiger partial charge in [-0.15, -0.1) is 0 Å². The fourth-order valence-corrected chi connectivity index (χ4v) is 3.22. The summed E-state index contributed by atoms with van der Waals surface area (Å²) < 4.78 is 0. The van der Waals surface area contributed by atoms with Gasteiger partial charge in [-0.1, -0.05) is 56.0 Å². The second kappa shape index (κ2) is 8.18. The first-order valence-corrected chi connectivity index (χ1v) is 8.26. The molecular formula is C18H28N2O. The average molecular weight is 288 g/mol. The van der Waals surface area contributed by atoms with Crippen molar-refractivity contribution < 1.29 is 4.79 Å². The summed E-state index contributed by atoms with van der Waals surface area (Å²) in [6.45, 7) is 2.13. The molecule has 0 heterocycles. The maximum atomic E-state index is 12.3. The van der Waals surface area contributed by atoms with E-state index in [2.05, 4.69) is 12.2 Å². The van der Waals surface area contributed by atoms with Gasteiger partial charge in [0.05, 0.1) is 6.04 Å². The van der Waals surface area contributed by atoms with E-state index in [-0.39, 0.29) is 11.9 Å². The lowest BCUT2D eigenvalue weighted by Crippen LogP contribution is -2.47. The summed E-state index contributed by atoms with van der Waals surface area (Å²) in [5.41, 5.74) is 7.16. The number of nitrogens with one attached hydrogen (secondary N) is 1. The molecule has 1 unspecified atom stereocenters. The Morgan fingerprint density at radius 2 is 1.81 bits per heavy atom. The van der Waals surface area contributed by atoms with Crippen LogP contribution in [-0.2, 0) is 11.2 Å². The molecule has 2 rings (SSSR count). The molecule has 1 fully saturated rings. The Balaban J connectivity index is 1.82. The van der Waals surface area contributed by atoms with Crippen molar-refractivity contribution in [3.8, 4) is 0 Å². The van der Waals surface area contributed by atoms with Gasteiger partial charge in [-0.2, -0.15) is 0 Å². The number of rotatable bonds is 5. The van der Waals surface area contributed by atoms with Gasteiger partial charge in [0.2, 0.25) is 5.91 Å². The largest absolute Gasteiger partial charge is 0.352 e. The molecule has 0 aliphatic heterocycles. The lowest BCUT2D eigenvalue weighted by atomic mass is 9.92. The molecule has 0 spiro atoms. The molecule has 21 heavy (non-hydrogen) atoms. The van der Waals surface area contributed by atoms with Crippen LogP contribution in [0.15, 0.2) is 30.3 Å². The maximum Gasteiger partial charge on any atom is 0.237 e. The summed E-state index contributed by atoms with van der Waals surface area (Å²) in [4.78, 5) is 12.3. The SMILES string of the molecule is C[C@@H](NC(=O)C(N)Cc1ccccc1)C1CCCCCC1. The molecule has 2 atom stereocenters. The van der Waals surface area contributed by atoms with E-state index in [9.17, 15) is 4.79 Å². The Hall–Kier alpha value is -1.35. The molecule has 0 bridgehead atoms. The van der Waals surface area contributed by atoms with Crippen LogP contribution in [-0.4, -0.2) is 18.0 Å². The third kappa shape index (κ3) is 5.16. The van der Waals surface area contributed by atoms with E-state index in [1.165, 1.54) is 38.5 Å². The van der Waals surface area contributed by atoms with Crippen LogP contribution in [0.25, 0.3) is 0 Å². The molecule has 1 aromatic rings. The first kappa shape index (κ1) is 16.0. The average Bonchev–Trinajstić information content (AvgIpc) is 2.77. The number of benzene rings is 1. The minimum absolute atomic E-state index is 0.0180. The highest BCUT2D eigenvalue weighted by Crippen LogP contribution is 2.25. The molecule has 3 N–H and O–H groups in total. The van der Waals surface area contributed by atoms with E-state index in [0.29, 0.717) is 12.3 Å². The van der Waals surface area contributed by atoms with Gasteiger partial charge < -0.3 is 11.1 Å². The first-order chi connectivity index (χ1) is 10.2. The molecule has 0 saturated heterocycles. The topological polar surface area (TPSA) is 55.1 Å². The Morgan fingerprint density at radius 3 is 2.43 bits per heavy atom. The van der Waals surface area contributed by atoms with Crippen molar-refractivity contribution in [3.05, 3.63) is 35.9 Å². The lowest BCUT2D eigenvalue weighted by Gasteiger charge is -2.25. The van der Waals surface area contributed by atoms with Crippen molar-refractivity contribution >= 4 is 5.91 Å². The highest BCUT2D eigenvalue weighted by molar-refractivity contribution is 5.82. The first-order valence-electron chi connectivity index (χ1n) is 8.26. The van der Waals surface area contributed by atoms with Crippen LogP contribution in [0.5, 0.6) is 0 Å². The molecule has 0 aromatic heterocycles. The second-order valence-electron chi connectivity index (χ2n) is 6.35. The zero-order valence-corrected chi connectivity index (χ0v) is 13.1. The number of hydrogen-bond acceptors (Lipinski definition) is 2. The van der Waals surface area contributed by atoms with Crippen LogP contribution in [0.3, 0.4) is 0 Å². The van der Waals surface area contributed by atoms with Crippen molar-refractivity contribution in [2.45, 2.75) is 64.0 Å². The van der Waals surface area contributed by atoms with Gasteiger partial charge >= 0.3 is 0 Å². The zero-order chi connectivity index (χ0) is 15.1. The van der Waals surface area contributed by atoms with Crippen LogP contribution < -0.4 is 11.1 Å². The van der Waals surface area contributed by atoms with Gasteiger partial charge in [0, 0.05) is 6.04 Å². The molecular weight excluding hydrogens is 260 g/mol. The van der Waals surface area contributed by atoms with Crippen molar-refractivity contribution in [3.63, 3.8) is 0 Å². The Kier molecular flexibility index (Phi) is 6.24. The van der Waals surface area contributed by atoms with E-state index in [4.69, 9.17) is 5.73 Å². The summed E-state index contributed by atoms with van der Waals surface area (Å²) in [5.74, 6) is 0.593. The highest BCUT2D eigenvalue weighted by Gasteiger charge is 2.22. The summed E-state index contributed by atoms with van der Waals surface area (Å²) >= 11 is 0. The quantitative estimate of drug-likeness (QED) is 0.818. The van der Waals surface area contributed by atoms with E-state index in [0.717, 1.165) is 5.56 Å². The van der Waals surface area contributed by atoms with Crippen molar-refractivity contribution in [2.75, 3.05) is 0 Å². The van der Waals surface area contributed by atoms with Crippen LogP contribution in [0.2, 0.25) is 0 Å². The molecule has 1 aliphatic rings.